The number of nitrogens with one attached hydrogen (secondary N) is 1. The van der Waals surface area contributed by atoms with Crippen molar-refractivity contribution in [2.24, 2.45) is 0 Å². The van der Waals surface area contributed by atoms with Crippen molar-refractivity contribution in [3.63, 3.8) is 0 Å². The highest BCUT2D eigenvalue weighted by molar-refractivity contribution is 6.33. The van der Waals surface area contributed by atoms with Crippen LogP contribution in [0.3, 0.4) is 0 Å². The summed E-state index contributed by atoms with van der Waals surface area (Å²) in [6.45, 7) is 1.81. The Bertz CT molecular complexity index is 329. The minimum atomic E-state index is -1.94. The molecule has 0 saturated heterocycles. The third kappa shape index (κ3) is 2.10. The van der Waals surface area contributed by atoms with E-state index in [9.17, 15) is 5.11 Å². The van der Waals surface area contributed by atoms with Gasteiger partial charge in [-0.05, 0) is 18.6 Å². The number of rotatable bonds is 3. The van der Waals surface area contributed by atoms with Gasteiger partial charge in [-0.1, -0.05) is 6.07 Å². The lowest BCUT2D eigenvalue weighted by Gasteiger charge is -2.12. The summed E-state index contributed by atoms with van der Waals surface area (Å²) in [5.74, 6) is -0.115. The molecule has 0 saturated carbocycles. The fraction of sp³-hybridized carbons (Fsp3) is 0.250. The topological polar surface area (TPSA) is 82.0 Å². The van der Waals surface area contributed by atoms with Crippen LogP contribution in [0.25, 0.3) is 0 Å². The molecule has 0 spiro atoms. The number of hydrogen-bond donors (Lipinski definition) is 4. The number of phenols is 1. The van der Waals surface area contributed by atoms with Gasteiger partial charge in [0.1, 0.15) is 5.75 Å². The molecule has 76 valence electrons. The molecule has 6 heteroatoms. The Labute approximate surface area is 82.1 Å². The third-order valence-corrected chi connectivity index (χ3v) is 1.83. The number of phenolic OH excluding ortho intramolecular Hbond substituents is 1. The van der Waals surface area contributed by atoms with Crippen molar-refractivity contribution < 1.29 is 19.8 Å². The molecule has 0 aliphatic carbocycles. The first kappa shape index (κ1) is 10.7. The lowest BCUT2D eigenvalue weighted by atomic mass is 10.1. The van der Waals surface area contributed by atoms with Gasteiger partial charge in [-0.3, -0.25) is 0 Å². The zero-order valence-electron chi connectivity index (χ0n) is 7.98. The van der Waals surface area contributed by atoms with Gasteiger partial charge >= 0.3 is 7.32 Å². The maximum absolute atomic E-state index is 9.61. The molecule has 1 aromatic rings. The molecule has 1 rings (SSSR count). The fourth-order valence-electron chi connectivity index (χ4n) is 1.20. The van der Waals surface area contributed by atoms with Crippen molar-refractivity contribution in [3.05, 3.63) is 17.7 Å². The second-order valence-corrected chi connectivity index (χ2v) is 2.80. The molecule has 0 unspecified atom stereocenters. The minimum Gasteiger partial charge on any atom is -0.509 e. The largest absolute Gasteiger partial charge is 0.707 e. The van der Waals surface area contributed by atoms with Gasteiger partial charge in [0.2, 0.25) is 0 Å². The van der Waals surface area contributed by atoms with Gasteiger partial charge in [0.25, 0.3) is 0 Å². The van der Waals surface area contributed by atoms with Crippen LogP contribution in [-0.2, 0) is 0 Å². The average molecular weight is 197 g/mol. The van der Waals surface area contributed by atoms with Crippen LogP contribution < -0.4 is 9.97 Å². The molecule has 4 N–H and O–H groups in total. The molecule has 0 aliphatic rings. The highest BCUT2D eigenvalue weighted by atomic mass is 16.6. The van der Waals surface area contributed by atoms with E-state index in [0.717, 1.165) is 5.56 Å². The molecule has 0 fully saturated rings. The normalized spacial score (nSPS) is 9.71. The Morgan fingerprint density at radius 1 is 1.36 bits per heavy atom. The number of aromatic hydroxyl groups is 1. The highest BCUT2D eigenvalue weighted by Crippen LogP contribution is 2.36. The smallest absolute Gasteiger partial charge is 0.509 e. The molecule has 0 heterocycles. The number of aryl methyl sites for hydroxylation is 1. The summed E-state index contributed by atoms with van der Waals surface area (Å²) in [5.41, 5.74) is 1.34. The molecule has 0 aliphatic heterocycles. The predicted molar refractivity (Wildman–Crippen MR) is 53.2 cm³/mol. The molecule has 0 aromatic heterocycles. The zero-order valence-corrected chi connectivity index (χ0v) is 7.98. The Morgan fingerprint density at radius 2 is 2.00 bits per heavy atom. The van der Waals surface area contributed by atoms with E-state index < -0.39 is 7.32 Å². The highest BCUT2D eigenvalue weighted by Gasteiger charge is 2.16. The summed E-state index contributed by atoms with van der Waals surface area (Å²) in [7, 11) is -0.283. The standard InChI is InChI=1S/C8H12BNO4/c1-5-3-4-6(14-9(12)13)8(11)7(5)10-2/h3-4,10-13H,1-2H3. The molecule has 0 radical (unpaired) electrons. The van der Waals surface area contributed by atoms with Crippen LogP contribution in [0.1, 0.15) is 5.56 Å². The van der Waals surface area contributed by atoms with E-state index in [4.69, 9.17) is 10.0 Å². The van der Waals surface area contributed by atoms with Gasteiger partial charge in [0.15, 0.2) is 5.75 Å². The lowest BCUT2D eigenvalue weighted by Crippen LogP contribution is -2.20. The third-order valence-electron chi connectivity index (χ3n) is 1.83. The molecule has 0 atom stereocenters. The van der Waals surface area contributed by atoms with Crippen LogP contribution in [0, 0.1) is 6.92 Å². The van der Waals surface area contributed by atoms with E-state index in [1.54, 1.807) is 13.1 Å². The first-order valence-electron chi connectivity index (χ1n) is 4.09. The van der Waals surface area contributed by atoms with Crippen molar-refractivity contribution in [3.8, 4) is 11.5 Å². The van der Waals surface area contributed by atoms with E-state index in [2.05, 4.69) is 9.97 Å². The minimum absolute atomic E-state index is 0.0231. The Balaban J connectivity index is 3.08. The Hall–Kier alpha value is -1.40. The van der Waals surface area contributed by atoms with Crippen LogP contribution in [0.2, 0.25) is 0 Å². The fourth-order valence-corrected chi connectivity index (χ4v) is 1.20. The predicted octanol–water partition coefficient (Wildman–Crippen LogP) is 0.0906. The molecule has 5 nitrogen and oxygen atoms in total. The number of benzene rings is 1. The van der Waals surface area contributed by atoms with Crippen molar-refractivity contribution >= 4 is 13.0 Å². The van der Waals surface area contributed by atoms with Crippen molar-refractivity contribution in [1.82, 2.24) is 0 Å². The van der Waals surface area contributed by atoms with Crippen molar-refractivity contribution in [1.29, 1.82) is 0 Å². The summed E-state index contributed by atoms with van der Waals surface area (Å²) in [6, 6.07) is 3.16. The summed E-state index contributed by atoms with van der Waals surface area (Å²) in [4.78, 5) is 0. The molecule has 14 heavy (non-hydrogen) atoms. The van der Waals surface area contributed by atoms with E-state index in [0.29, 0.717) is 5.69 Å². The number of anilines is 1. The van der Waals surface area contributed by atoms with Gasteiger partial charge < -0.3 is 25.1 Å². The van der Waals surface area contributed by atoms with Gasteiger partial charge in [-0.15, -0.1) is 0 Å². The van der Waals surface area contributed by atoms with Crippen LogP contribution in [0.5, 0.6) is 11.5 Å². The Kier molecular flexibility index (Phi) is 3.21. The summed E-state index contributed by atoms with van der Waals surface area (Å²) in [5, 5.41) is 29.5. The van der Waals surface area contributed by atoms with Gasteiger partial charge in [-0.25, -0.2) is 0 Å². The summed E-state index contributed by atoms with van der Waals surface area (Å²) >= 11 is 0. The van der Waals surface area contributed by atoms with Crippen LogP contribution in [-0.4, -0.2) is 29.5 Å². The second kappa shape index (κ2) is 4.21. The molecular formula is C8H12BNO4. The average Bonchev–Trinajstić information content (AvgIpc) is 2.10. The molecule has 1 aromatic carbocycles. The van der Waals surface area contributed by atoms with E-state index in [1.807, 2.05) is 6.92 Å². The number of hydrogen-bond acceptors (Lipinski definition) is 5. The molecule has 0 amide bonds. The zero-order chi connectivity index (χ0) is 10.7. The van der Waals surface area contributed by atoms with Gasteiger partial charge in [-0.2, -0.15) is 0 Å². The summed E-state index contributed by atoms with van der Waals surface area (Å²) in [6.07, 6.45) is 0. The van der Waals surface area contributed by atoms with E-state index in [-0.39, 0.29) is 11.5 Å². The SMILES string of the molecule is CNc1c(C)ccc(OB(O)O)c1O. The first-order chi connectivity index (χ1) is 6.56. The maximum atomic E-state index is 9.61. The van der Waals surface area contributed by atoms with Crippen LogP contribution in [0.4, 0.5) is 5.69 Å². The van der Waals surface area contributed by atoms with Gasteiger partial charge in [0, 0.05) is 7.05 Å². The van der Waals surface area contributed by atoms with Crippen molar-refractivity contribution in [2.75, 3.05) is 12.4 Å². The van der Waals surface area contributed by atoms with Gasteiger partial charge in [0.05, 0.1) is 5.69 Å². The monoisotopic (exact) mass is 197 g/mol. The maximum Gasteiger partial charge on any atom is 0.707 e. The molecular weight excluding hydrogens is 185 g/mol. The van der Waals surface area contributed by atoms with E-state index >= 15 is 0 Å². The second-order valence-electron chi connectivity index (χ2n) is 2.80. The molecule has 0 bridgehead atoms. The first-order valence-corrected chi connectivity index (χ1v) is 4.09. The van der Waals surface area contributed by atoms with Crippen LogP contribution in [0.15, 0.2) is 12.1 Å². The van der Waals surface area contributed by atoms with Crippen molar-refractivity contribution in [2.45, 2.75) is 6.92 Å². The Morgan fingerprint density at radius 3 is 2.50 bits per heavy atom. The lowest BCUT2D eigenvalue weighted by molar-refractivity contribution is 0.281. The van der Waals surface area contributed by atoms with E-state index in [1.165, 1.54) is 6.07 Å². The van der Waals surface area contributed by atoms with Crippen LogP contribution >= 0.6 is 0 Å². The summed E-state index contributed by atoms with van der Waals surface area (Å²) < 4.78 is 4.56. The quantitative estimate of drug-likeness (QED) is 0.407.